The number of halogens is 1. The molecule has 1 aliphatic carbocycles. The summed E-state index contributed by atoms with van der Waals surface area (Å²) in [6.07, 6.45) is 1.64. The second kappa shape index (κ2) is 5.21. The Morgan fingerprint density at radius 1 is 1.37 bits per heavy atom. The van der Waals surface area contributed by atoms with Gasteiger partial charge in [0.25, 0.3) is 0 Å². The monoisotopic (exact) mass is 281 g/mol. The Labute approximate surface area is 117 Å². The maximum Gasteiger partial charge on any atom is 0.319 e. The molecule has 1 aromatic rings. The van der Waals surface area contributed by atoms with Gasteiger partial charge in [-0.25, -0.2) is 0 Å². The Kier molecular flexibility index (Phi) is 3.80. The number of nitrogens with zero attached hydrogens (tertiary/aromatic N) is 1. The minimum absolute atomic E-state index is 0.327. The summed E-state index contributed by atoms with van der Waals surface area (Å²) in [4.78, 5) is 25.1. The van der Waals surface area contributed by atoms with Crippen molar-refractivity contribution in [3.8, 4) is 0 Å². The molecule has 0 heterocycles. The highest BCUT2D eigenvalue weighted by Gasteiger charge is 2.52. The van der Waals surface area contributed by atoms with E-state index in [1.54, 1.807) is 13.1 Å². The van der Waals surface area contributed by atoms with Crippen molar-refractivity contribution in [2.24, 2.45) is 5.41 Å². The molecule has 1 saturated carbocycles. The highest BCUT2D eigenvalue weighted by molar-refractivity contribution is 6.31. The number of carbonyl (C=O) groups is 2. The number of aliphatic carboxylic acids is 1. The molecule has 1 amide bonds. The van der Waals surface area contributed by atoms with E-state index in [4.69, 9.17) is 11.6 Å². The predicted molar refractivity (Wildman–Crippen MR) is 71.8 cm³/mol. The van der Waals surface area contributed by atoms with Crippen LogP contribution in [-0.2, 0) is 16.1 Å². The molecule has 0 bridgehead atoms. The zero-order valence-corrected chi connectivity index (χ0v) is 11.5. The van der Waals surface area contributed by atoms with Gasteiger partial charge in [0.2, 0.25) is 5.91 Å². The normalized spacial score (nSPS) is 16.5. The molecule has 0 aromatic heterocycles. The van der Waals surface area contributed by atoms with Crippen LogP contribution in [0.2, 0.25) is 5.02 Å². The van der Waals surface area contributed by atoms with Crippen LogP contribution in [0.1, 0.15) is 24.8 Å². The zero-order chi connectivity index (χ0) is 14.0. The molecule has 1 N–H and O–H groups in total. The van der Waals surface area contributed by atoms with Crippen LogP contribution in [0.4, 0.5) is 0 Å². The van der Waals surface area contributed by atoms with Crippen molar-refractivity contribution >= 4 is 23.5 Å². The number of rotatable bonds is 4. The Balaban J connectivity index is 2.12. The van der Waals surface area contributed by atoms with Crippen molar-refractivity contribution in [1.29, 1.82) is 0 Å². The molecule has 0 atom stereocenters. The van der Waals surface area contributed by atoms with Gasteiger partial charge < -0.3 is 10.0 Å². The van der Waals surface area contributed by atoms with Crippen LogP contribution in [0.3, 0.4) is 0 Å². The minimum atomic E-state index is -1.21. The third-order valence-corrected chi connectivity index (χ3v) is 4.11. The predicted octanol–water partition coefficient (Wildman–Crippen LogP) is 2.55. The zero-order valence-electron chi connectivity index (χ0n) is 10.7. The molecule has 0 spiro atoms. The number of benzene rings is 1. The average molecular weight is 282 g/mol. The highest BCUT2D eigenvalue weighted by Crippen LogP contribution is 2.42. The van der Waals surface area contributed by atoms with Crippen molar-refractivity contribution in [1.82, 2.24) is 4.90 Å². The molecule has 1 fully saturated rings. The van der Waals surface area contributed by atoms with Crippen molar-refractivity contribution in [3.05, 3.63) is 34.9 Å². The van der Waals surface area contributed by atoms with Crippen LogP contribution in [-0.4, -0.2) is 28.9 Å². The lowest BCUT2D eigenvalue weighted by Gasteiger charge is -2.38. The van der Waals surface area contributed by atoms with Gasteiger partial charge in [0.1, 0.15) is 5.41 Å². The SMILES string of the molecule is CN(Cc1ccccc1Cl)C(=O)C1(C(=O)O)CCC1. The molecule has 2 rings (SSSR count). The summed E-state index contributed by atoms with van der Waals surface area (Å²) >= 11 is 6.04. The van der Waals surface area contributed by atoms with Gasteiger partial charge in [-0.1, -0.05) is 36.2 Å². The van der Waals surface area contributed by atoms with Crippen LogP contribution in [0, 0.1) is 5.41 Å². The first-order valence-electron chi connectivity index (χ1n) is 6.20. The number of hydrogen-bond acceptors (Lipinski definition) is 2. The summed E-state index contributed by atoms with van der Waals surface area (Å²) in [5.41, 5.74) is -0.393. The van der Waals surface area contributed by atoms with Crippen LogP contribution in [0.5, 0.6) is 0 Å². The van der Waals surface area contributed by atoms with Gasteiger partial charge in [0.05, 0.1) is 0 Å². The molecular weight excluding hydrogens is 266 g/mol. The van der Waals surface area contributed by atoms with E-state index < -0.39 is 11.4 Å². The fraction of sp³-hybridized carbons (Fsp3) is 0.429. The van der Waals surface area contributed by atoms with Crippen LogP contribution in [0.25, 0.3) is 0 Å². The summed E-state index contributed by atoms with van der Waals surface area (Å²) in [6.45, 7) is 0.327. The molecule has 1 aromatic carbocycles. The Morgan fingerprint density at radius 3 is 2.47 bits per heavy atom. The molecule has 102 valence electrons. The van der Waals surface area contributed by atoms with Crippen molar-refractivity contribution in [3.63, 3.8) is 0 Å². The topological polar surface area (TPSA) is 57.6 Å². The summed E-state index contributed by atoms with van der Waals surface area (Å²) < 4.78 is 0. The highest BCUT2D eigenvalue weighted by atomic mass is 35.5. The maximum atomic E-state index is 12.3. The Hall–Kier alpha value is -1.55. The summed E-state index contributed by atoms with van der Waals surface area (Å²) in [5.74, 6) is -1.35. The molecule has 19 heavy (non-hydrogen) atoms. The second-order valence-corrected chi connectivity index (χ2v) is 5.40. The van der Waals surface area contributed by atoms with Crippen LogP contribution >= 0.6 is 11.6 Å². The van der Waals surface area contributed by atoms with E-state index in [9.17, 15) is 14.7 Å². The summed E-state index contributed by atoms with van der Waals surface area (Å²) in [5, 5.41) is 9.83. The van der Waals surface area contributed by atoms with E-state index in [0.717, 1.165) is 12.0 Å². The van der Waals surface area contributed by atoms with E-state index in [2.05, 4.69) is 0 Å². The summed E-state index contributed by atoms with van der Waals surface area (Å²) in [6, 6.07) is 7.25. The third kappa shape index (κ3) is 2.45. The lowest BCUT2D eigenvalue weighted by atomic mass is 9.68. The van der Waals surface area contributed by atoms with Crippen molar-refractivity contribution in [2.75, 3.05) is 7.05 Å². The van der Waals surface area contributed by atoms with Gasteiger partial charge in [-0.05, 0) is 24.5 Å². The number of amides is 1. The molecule has 0 aliphatic heterocycles. The number of hydrogen-bond donors (Lipinski definition) is 1. The van der Waals surface area contributed by atoms with E-state index in [0.29, 0.717) is 24.4 Å². The lowest BCUT2D eigenvalue weighted by Crippen LogP contribution is -2.51. The quantitative estimate of drug-likeness (QED) is 0.863. The third-order valence-electron chi connectivity index (χ3n) is 3.74. The van der Waals surface area contributed by atoms with Gasteiger partial charge in [0, 0.05) is 18.6 Å². The van der Waals surface area contributed by atoms with Crippen molar-refractivity contribution in [2.45, 2.75) is 25.8 Å². The Morgan fingerprint density at radius 2 is 2.00 bits per heavy atom. The van der Waals surface area contributed by atoms with E-state index in [1.807, 2.05) is 18.2 Å². The van der Waals surface area contributed by atoms with Crippen LogP contribution in [0.15, 0.2) is 24.3 Å². The van der Waals surface area contributed by atoms with Gasteiger partial charge >= 0.3 is 5.97 Å². The number of carboxylic acid groups (broad SMARTS) is 1. The van der Waals surface area contributed by atoms with E-state index in [-0.39, 0.29) is 5.91 Å². The van der Waals surface area contributed by atoms with Gasteiger partial charge in [-0.3, -0.25) is 9.59 Å². The molecule has 4 nitrogen and oxygen atoms in total. The standard InChI is InChI=1S/C14H16ClNO3/c1-16(9-10-5-2-3-6-11(10)15)12(17)14(13(18)19)7-4-8-14/h2-3,5-6H,4,7-9H2,1H3,(H,18,19). The maximum absolute atomic E-state index is 12.3. The molecular formula is C14H16ClNO3. The molecule has 5 heteroatoms. The number of carboxylic acids is 1. The van der Waals surface area contributed by atoms with E-state index >= 15 is 0 Å². The van der Waals surface area contributed by atoms with Crippen LogP contribution < -0.4 is 0 Å². The second-order valence-electron chi connectivity index (χ2n) is 4.99. The first-order valence-corrected chi connectivity index (χ1v) is 6.57. The molecule has 0 radical (unpaired) electrons. The smallest absolute Gasteiger partial charge is 0.319 e. The fourth-order valence-electron chi connectivity index (χ4n) is 2.37. The van der Waals surface area contributed by atoms with E-state index in [1.165, 1.54) is 4.90 Å². The lowest BCUT2D eigenvalue weighted by molar-refractivity contribution is -0.167. The fourth-order valence-corrected chi connectivity index (χ4v) is 2.56. The minimum Gasteiger partial charge on any atom is -0.480 e. The largest absolute Gasteiger partial charge is 0.480 e. The van der Waals surface area contributed by atoms with Gasteiger partial charge in [-0.15, -0.1) is 0 Å². The molecule has 1 aliphatic rings. The average Bonchev–Trinajstić information content (AvgIpc) is 2.30. The molecule has 0 unspecified atom stereocenters. The summed E-state index contributed by atoms with van der Waals surface area (Å²) in [7, 11) is 1.62. The molecule has 0 saturated heterocycles. The first-order chi connectivity index (χ1) is 8.97. The first kappa shape index (κ1) is 13.9. The number of carbonyl (C=O) groups excluding carboxylic acids is 1. The Bertz CT molecular complexity index is 511. The van der Waals surface area contributed by atoms with Crippen molar-refractivity contribution < 1.29 is 14.7 Å². The van der Waals surface area contributed by atoms with Gasteiger partial charge in [0.15, 0.2) is 0 Å². The van der Waals surface area contributed by atoms with Gasteiger partial charge in [-0.2, -0.15) is 0 Å².